The molecule has 11 heteroatoms. The number of nitrogens with zero attached hydrogens (tertiary/aromatic N) is 4. The third-order valence-corrected chi connectivity index (χ3v) is 5.67. The number of benzene rings is 2. The Bertz CT molecular complexity index is 1060. The summed E-state index contributed by atoms with van der Waals surface area (Å²) in [5.41, 5.74) is 0.876. The van der Waals surface area contributed by atoms with Crippen molar-refractivity contribution in [2.24, 2.45) is 10.3 Å². The van der Waals surface area contributed by atoms with Crippen LogP contribution in [-0.4, -0.2) is 41.4 Å². The summed E-state index contributed by atoms with van der Waals surface area (Å²) in [5.74, 6) is -1.40. The minimum absolute atomic E-state index is 0.254. The number of fused-ring (bicyclic) bond motifs is 1. The average molecular weight is 497 g/mol. The Hall–Kier alpha value is -2.49. The van der Waals surface area contributed by atoms with E-state index in [2.05, 4.69) is 31.6 Å². The van der Waals surface area contributed by atoms with Crippen LogP contribution in [-0.2, 0) is 14.4 Å². The molecule has 0 saturated carbocycles. The zero-order chi connectivity index (χ0) is 20.7. The van der Waals surface area contributed by atoms with E-state index < -0.39 is 29.8 Å². The number of imide groups is 1. The summed E-state index contributed by atoms with van der Waals surface area (Å²) in [6.07, 6.45) is 0. The number of anilines is 2. The van der Waals surface area contributed by atoms with Gasteiger partial charge >= 0.3 is 0 Å². The van der Waals surface area contributed by atoms with E-state index in [4.69, 9.17) is 23.2 Å². The number of carbonyl (C=O) groups excluding carboxylic acids is 3. The Balaban J connectivity index is 1.49. The maximum atomic E-state index is 12.9. The molecule has 0 radical (unpaired) electrons. The normalized spacial score (nSPS) is 20.4. The van der Waals surface area contributed by atoms with Crippen LogP contribution in [0.15, 0.2) is 57.3 Å². The van der Waals surface area contributed by atoms with Gasteiger partial charge in [0.25, 0.3) is 11.8 Å². The molecule has 2 aromatic carbocycles. The van der Waals surface area contributed by atoms with Crippen molar-refractivity contribution in [3.05, 3.63) is 57.0 Å². The predicted octanol–water partition coefficient (Wildman–Crippen LogP) is 3.69. The predicted molar refractivity (Wildman–Crippen MR) is 111 cm³/mol. The molecule has 0 spiro atoms. The Labute approximate surface area is 183 Å². The topological polar surface area (TPSA) is 94.4 Å². The smallest absolute Gasteiger partial charge is 0.263 e. The highest BCUT2D eigenvalue weighted by Gasteiger charge is 2.55. The summed E-state index contributed by atoms with van der Waals surface area (Å²) in [6.45, 7) is -0.254. The molecule has 2 aliphatic rings. The first-order chi connectivity index (χ1) is 13.8. The zero-order valence-corrected chi connectivity index (χ0v) is 17.6. The van der Waals surface area contributed by atoms with Gasteiger partial charge in [-0.2, -0.15) is 5.11 Å². The van der Waals surface area contributed by atoms with Crippen LogP contribution >= 0.6 is 39.1 Å². The molecule has 4 rings (SSSR count). The van der Waals surface area contributed by atoms with E-state index in [1.54, 1.807) is 36.4 Å². The fourth-order valence-corrected chi connectivity index (χ4v) is 3.83. The lowest BCUT2D eigenvalue weighted by Gasteiger charge is -2.20. The number of rotatable bonds is 4. The molecule has 148 valence electrons. The Morgan fingerprint density at radius 2 is 1.90 bits per heavy atom. The van der Waals surface area contributed by atoms with Crippen LogP contribution < -0.4 is 10.2 Å². The highest BCUT2D eigenvalue weighted by molar-refractivity contribution is 9.10. The van der Waals surface area contributed by atoms with Crippen LogP contribution in [0.5, 0.6) is 0 Å². The number of amides is 3. The maximum Gasteiger partial charge on any atom is 0.263 e. The summed E-state index contributed by atoms with van der Waals surface area (Å²) >= 11 is 15.1. The number of carbonyl (C=O) groups is 3. The van der Waals surface area contributed by atoms with Crippen molar-refractivity contribution in [2.75, 3.05) is 16.8 Å². The second kappa shape index (κ2) is 7.74. The highest BCUT2D eigenvalue weighted by atomic mass is 79.9. The van der Waals surface area contributed by atoms with E-state index in [0.717, 1.165) is 9.37 Å². The van der Waals surface area contributed by atoms with E-state index in [1.807, 2.05) is 0 Å². The minimum Gasteiger partial charge on any atom is -0.324 e. The second-order valence-corrected chi connectivity index (χ2v) is 8.09. The number of hydrogen-bond acceptors (Lipinski definition) is 6. The zero-order valence-electron chi connectivity index (χ0n) is 14.6. The molecule has 0 bridgehead atoms. The standard InChI is InChI=1S/C18H12BrCl2N5O3/c19-9-2-1-3-11(6-9)26-17(28)15-16(18(26)29)25(24-23-15)8-14(27)22-10-4-5-12(20)13(21)7-10/h1-7,15-16H,8H2,(H,22,27)/t15-,16-/m1/s1. The molecule has 8 nitrogen and oxygen atoms in total. The molecule has 1 saturated heterocycles. The van der Waals surface area contributed by atoms with Gasteiger partial charge in [0.15, 0.2) is 12.1 Å². The summed E-state index contributed by atoms with van der Waals surface area (Å²) < 4.78 is 0.729. The first-order valence-corrected chi connectivity index (χ1v) is 9.96. The van der Waals surface area contributed by atoms with Gasteiger partial charge in [-0.25, -0.2) is 4.90 Å². The van der Waals surface area contributed by atoms with Crippen molar-refractivity contribution in [3.8, 4) is 0 Å². The minimum atomic E-state index is -0.973. The number of nitrogens with one attached hydrogen (secondary N) is 1. The van der Waals surface area contributed by atoms with Crippen molar-refractivity contribution in [1.82, 2.24) is 5.01 Å². The third-order valence-electron chi connectivity index (χ3n) is 4.43. The molecular formula is C18H12BrCl2N5O3. The van der Waals surface area contributed by atoms with E-state index in [9.17, 15) is 14.4 Å². The first kappa shape index (κ1) is 19.8. The van der Waals surface area contributed by atoms with Gasteiger partial charge in [0.05, 0.1) is 15.7 Å². The Morgan fingerprint density at radius 3 is 2.62 bits per heavy atom. The Kier molecular flexibility index (Phi) is 5.28. The summed E-state index contributed by atoms with van der Waals surface area (Å²) in [5, 5.41) is 12.3. The van der Waals surface area contributed by atoms with Crippen LogP contribution in [0.3, 0.4) is 0 Å². The highest BCUT2D eigenvalue weighted by Crippen LogP contribution is 2.33. The lowest BCUT2D eigenvalue weighted by atomic mass is 10.1. The maximum absolute atomic E-state index is 12.9. The summed E-state index contributed by atoms with van der Waals surface area (Å²) in [6, 6.07) is 9.55. The van der Waals surface area contributed by atoms with Crippen LogP contribution in [0.2, 0.25) is 10.0 Å². The molecule has 0 unspecified atom stereocenters. The fourth-order valence-electron chi connectivity index (χ4n) is 3.15. The quantitative estimate of drug-likeness (QED) is 0.653. The Morgan fingerprint density at radius 1 is 1.10 bits per heavy atom. The van der Waals surface area contributed by atoms with Crippen molar-refractivity contribution < 1.29 is 14.4 Å². The van der Waals surface area contributed by atoms with E-state index in [1.165, 1.54) is 11.1 Å². The van der Waals surface area contributed by atoms with Crippen LogP contribution in [0.1, 0.15) is 0 Å². The first-order valence-electron chi connectivity index (χ1n) is 8.41. The third kappa shape index (κ3) is 3.73. The number of halogens is 3. The van der Waals surface area contributed by atoms with Crippen molar-refractivity contribution >= 4 is 68.2 Å². The monoisotopic (exact) mass is 495 g/mol. The van der Waals surface area contributed by atoms with Gasteiger partial charge in [-0.05, 0) is 36.4 Å². The lowest BCUT2D eigenvalue weighted by Crippen LogP contribution is -2.43. The molecule has 2 aromatic rings. The van der Waals surface area contributed by atoms with Crippen molar-refractivity contribution in [2.45, 2.75) is 12.1 Å². The molecule has 0 aromatic heterocycles. The fraction of sp³-hybridized carbons (Fsp3) is 0.167. The van der Waals surface area contributed by atoms with Gasteiger partial charge in [0, 0.05) is 10.2 Å². The van der Waals surface area contributed by atoms with E-state index >= 15 is 0 Å². The number of hydrogen-bond donors (Lipinski definition) is 1. The summed E-state index contributed by atoms with van der Waals surface area (Å²) in [7, 11) is 0. The van der Waals surface area contributed by atoms with E-state index in [-0.39, 0.29) is 6.54 Å². The largest absolute Gasteiger partial charge is 0.324 e. The van der Waals surface area contributed by atoms with Gasteiger partial charge in [-0.3, -0.25) is 19.4 Å². The van der Waals surface area contributed by atoms with Crippen molar-refractivity contribution in [1.29, 1.82) is 0 Å². The average Bonchev–Trinajstić information content (AvgIpc) is 3.18. The van der Waals surface area contributed by atoms with Gasteiger partial charge in [0.2, 0.25) is 5.91 Å². The van der Waals surface area contributed by atoms with E-state index in [0.29, 0.717) is 21.4 Å². The molecule has 3 amide bonds. The molecule has 2 atom stereocenters. The summed E-state index contributed by atoms with van der Waals surface area (Å²) in [4.78, 5) is 39.1. The second-order valence-electron chi connectivity index (χ2n) is 6.36. The molecule has 1 fully saturated rings. The van der Waals surface area contributed by atoms with Gasteiger partial charge in [-0.1, -0.05) is 50.4 Å². The molecular weight excluding hydrogens is 485 g/mol. The van der Waals surface area contributed by atoms with Crippen molar-refractivity contribution in [3.63, 3.8) is 0 Å². The molecule has 0 aliphatic carbocycles. The molecule has 2 aliphatic heterocycles. The van der Waals surface area contributed by atoms with Crippen LogP contribution in [0, 0.1) is 0 Å². The molecule has 29 heavy (non-hydrogen) atoms. The lowest BCUT2D eigenvalue weighted by molar-refractivity contribution is -0.123. The SMILES string of the molecule is O=C(CN1N=N[C@H]2C(=O)N(c3cccc(Br)c3)C(=O)[C@@H]21)Nc1ccc(Cl)c(Cl)c1. The molecule has 1 N–H and O–H groups in total. The van der Waals surface area contributed by atoms with Crippen LogP contribution in [0.25, 0.3) is 0 Å². The molecule has 2 heterocycles. The van der Waals surface area contributed by atoms with Gasteiger partial charge < -0.3 is 5.32 Å². The van der Waals surface area contributed by atoms with Gasteiger partial charge in [0.1, 0.15) is 6.54 Å². The van der Waals surface area contributed by atoms with Gasteiger partial charge in [-0.15, -0.1) is 0 Å². The van der Waals surface area contributed by atoms with Crippen LogP contribution in [0.4, 0.5) is 11.4 Å².